The number of nitrogens with one attached hydrogen (secondary N) is 1. The van der Waals surface area contributed by atoms with Gasteiger partial charge in [-0.05, 0) is 26.0 Å². The van der Waals surface area contributed by atoms with Crippen molar-refractivity contribution in [1.82, 2.24) is 9.55 Å². The molecule has 0 fully saturated rings. The molecule has 1 aromatic carbocycles. The Morgan fingerprint density at radius 3 is 2.50 bits per heavy atom. The number of hydrogen-bond acceptors (Lipinski definition) is 6. The molecule has 0 amide bonds. The summed E-state index contributed by atoms with van der Waals surface area (Å²) in [6.07, 6.45) is 0. The van der Waals surface area contributed by atoms with E-state index in [9.17, 15) is 9.59 Å². The highest BCUT2D eigenvalue weighted by atomic mass is 35.5. The van der Waals surface area contributed by atoms with E-state index in [1.54, 1.807) is 25.1 Å². The van der Waals surface area contributed by atoms with Gasteiger partial charge in [-0.1, -0.05) is 29.3 Å². The first kappa shape index (κ1) is 20.1. The average Bonchev–Trinajstić information content (AvgIpc) is 2.58. The smallest absolute Gasteiger partial charge is 0.361 e. The van der Waals surface area contributed by atoms with Crippen molar-refractivity contribution >= 4 is 35.1 Å². The van der Waals surface area contributed by atoms with E-state index < -0.39 is 11.5 Å². The first-order valence-corrected chi connectivity index (χ1v) is 8.59. The lowest BCUT2D eigenvalue weighted by Crippen LogP contribution is -2.28. The largest absolute Gasteiger partial charge is 0.489 e. The zero-order valence-electron chi connectivity index (χ0n) is 14.8. The Kier molecular flexibility index (Phi) is 6.50. The fourth-order valence-corrected chi connectivity index (χ4v) is 3.15. The Morgan fingerprint density at radius 2 is 1.96 bits per heavy atom. The highest BCUT2D eigenvalue weighted by Gasteiger charge is 2.24. The zero-order chi connectivity index (χ0) is 19.4. The van der Waals surface area contributed by atoms with Gasteiger partial charge in [0.15, 0.2) is 5.69 Å². The third-order valence-corrected chi connectivity index (χ3v) is 4.36. The van der Waals surface area contributed by atoms with E-state index in [-0.39, 0.29) is 30.0 Å². The number of ether oxygens (including phenoxy) is 2. The van der Waals surface area contributed by atoms with Gasteiger partial charge in [0.05, 0.1) is 19.8 Å². The molecule has 26 heavy (non-hydrogen) atoms. The minimum absolute atomic E-state index is 0.146. The van der Waals surface area contributed by atoms with Crippen LogP contribution >= 0.6 is 23.2 Å². The predicted octanol–water partition coefficient (Wildman–Crippen LogP) is 3.45. The van der Waals surface area contributed by atoms with E-state index in [1.807, 2.05) is 6.92 Å². The molecule has 140 valence electrons. The number of anilines is 1. The normalized spacial score (nSPS) is 11.8. The van der Waals surface area contributed by atoms with Gasteiger partial charge in [0.1, 0.15) is 0 Å². The molecular weight excluding hydrogens is 381 g/mol. The average molecular weight is 400 g/mol. The molecule has 2 rings (SSSR count). The first-order chi connectivity index (χ1) is 12.3. The van der Waals surface area contributed by atoms with Crippen LogP contribution < -0.4 is 15.6 Å². The van der Waals surface area contributed by atoms with Gasteiger partial charge < -0.3 is 14.8 Å². The lowest BCUT2D eigenvalue weighted by atomic mass is 10.1. The Balaban J connectivity index is 2.49. The molecule has 0 radical (unpaired) electrons. The molecular formula is C17H19Cl2N3O4. The maximum absolute atomic E-state index is 12.5. The van der Waals surface area contributed by atoms with Crippen molar-refractivity contribution in [1.29, 1.82) is 0 Å². The molecule has 0 aliphatic carbocycles. The Bertz CT molecular complexity index is 863. The van der Waals surface area contributed by atoms with Crippen molar-refractivity contribution in [2.75, 3.05) is 19.0 Å². The fraction of sp³-hybridized carbons (Fsp3) is 0.353. The molecule has 7 nitrogen and oxygen atoms in total. The summed E-state index contributed by atoms with van der Waals surface area (Å²) in [6.45, 7) is 3.62. The van der Waals surface area contributed by atoms with Crippen molar-refractivity contribution in [3.63, 3.8) is 0 Å². The summed E-state index contributed by atoms with van der Waals surface area (Å²) < 4.78 is 11.2. The topological polar surface area (TPSA) is 82.5 Å². The number of halogens is 2. The van der Waals surface area contributed by atoms with Crippen molar-refractivity contribution in [2.45, 2.75) is 19.9 Å². The standard InChI is InChI=1S/C17H19Cl2N3O4/c1-5-26-16(24)13-14(25-4)15(23)22(3)17(21-13)20-9(2)12-10(18)7-6-8-11(12)19/h6-9H,5H2,1-4H3,(H,20,21). The van der Waals surface area contributed by atoms with Crippen LogP contribution in [-0.4, -0.2) is 29.2 Å². The van der Waals surface area contributed by atoms with Gasteiger partial charge >= 0.3 is 5.97 Å². The highest BCUT2D eigenvalue weighted by molar-refractivity contribution is 6.36. The second-order valence-electron chi connectivity index (χ2n) is 5.40. The number of carbonyl (C=O) groups is 1. The van der Waals surface area contributed by atoms with E-state index in [1.165, 1.54) is 18.7 Å². The Hall–Kier alpha value is -2.25. The van der Waals surface area contributed by atoms with E-state index >= 15 is 0 Å². The number of nitrogens with zero attached hydrogens (tertiary/aromatic N) is 2. The zero-order valence-corrected chi connectivity index (χ0v) is 16.3. The monoisotopic (exact) mass is 399 g/mol. The van der Waals surface area contributed by atoms with Crippen LogP contribution in [0.5, 0.6) is 5.75 Å². The molecule has 9 heteroatoms. The van der Waals surface area contributed by atoms with Crippen molar-refractivity contribution < 1.29 is 14.3 Å². The quantitative estimate of drug-likeness (QED) is 0.748. The summed E-state index contributed by atoms with van der Waals surface area (Å²) in [5, 5.41) is 4.00. The van der Waals surface area contributed by atoms with Gasteiger partial charge in [0.25, 0.3) is 5.56 Å². The molecule has 1 N–H and O–H groups in total. The predicted molar refractivity (Wildman–Crippen MR) is 100 cm³/mol. The molecule has 0 spiro atoms. The van der Waals surface area contributed by atoms with Gasteiger partial charge in [0, 0.05) is 22.7 Å². The third-order valence-electron chi connectivity index (χ3n) is 3.70. The van der Waals surface area contributed by atoms with Gasteiger partial charge in [-0.25, -0.2) is 9.78 Å². The van der Waals surface area contributed by atoms with Crippen LogP contribution in [0.1, 0.15) is 35.9 Å². The summed E-state index contributed by atoms with van der Waals surface area (Å²) in [4.78, 5) is 28.8. The number of rotatable bonds is 6. The molecule has 1 heterocycles. The van der Waals surface area contributed by atoms with Crippen LogP contribution in [0, 0.1) is 0 Å². The summed E-state index contributed by atoms with van der Waals surface area (Å²) >= 11 is 12.4. The van der Waals surface area contributed by atoms with Crippen LogP contribution in [0.15, 0.2) is 23.0 Å². The molecule has 0 bridgehead atoms. The number of benzene rings is 1. The molecule has 1 aromatic heterocycles. The summed E-state index contributed by atoms with van der Waals surface area (Å²) in [5.41, 5.74) is -0.0681. The Labute approximate surface area is 160 Å². The minimum Gasteiger partial charge on any atom is -0.489 e. The minimum atomic E-state index is -0.742. The van der Waals surface area contributed by atoms with Crippen LogP contribution in [0.25, 0.3) is 0 Å². The SMILES string of the molecule is CCOC(=O)c1nc(NC(C)c2c(Cl)cccc2Cl)n(C)c(=O)c1OC. The number of carbonyl (C=O) groups excluding carboxylic acids is 1. The van der Waals surface area contributed by atoms with Crippen LogP contribution in [0.4, 0.5) is 5.95 Å². The summed E-state index contributed by atoms with van der Waals surface area (Å²) in [6, 6.07) is 4.79. The van der Waals surface area contributed by atoms with Crippen LogP contribution in [-0.2, 0) is 11.8 Å². The molecule has 0 aliphatic rings. The van der Waals surface area contributed by atoms with Crippen molar-refractivity contribution in [3.05, 3.63) is 49.9 Å². The lowest BCUT2D eigenvalue weighted by Gasteiger charge is -2.20. The molecule has 1 atom stereocenters. The highest BCUT2D eigenvalue weighted by Crippen LogP contribution is 2.31. The molecule has 1 unspecified atom stereocenters. The maximum atomic E-state index is 12.5. The first-order valence-electron chi connectivity index (χ1n) is 7.84. The number of aromatic nitrogens is 2. The number of hydrogen-bond donors (Lipinski definition) is 1. The van der Waals surface area contributed by atoms with E-state index in [4.69, 9.17) is 32.7 Å². The van der Waals surface area contributed by atoms with Gasteiger partial charge in [-0.3, -0.25) is 9.36 Å². The van der Waals surface area contributed by atoms with Crippen LogP contribution in [0.3, 0.4) is 0 Å². The second-order valence-corrected chi connectivity index (χ2v) is 6.22. The summed E-state index contributed by atoms with van der Waals surface area (Å²) in [5.74, 6) is -0.768. The second kappa shape index (κ2) is 8.42. The van der Waals surface area contributed by atoms with Gasteiger partial charge in [-0.15, -0.1) is 0 Å². The molecule has 2 aromatic rings. The van der Waals surface area contributed by atoms with Gasteiger partial charge in [0.2, 0.25) is 11.7 Å². The number of methoxy groups -OCH3 is 1. The van der Waals surface area contributed by atoms with E-state index in [2.05, 4.69) is 10.3 Å². The third kappa shape index (κ3) is 3.94. The van der Waals surface area contributed by atoms with E-state index in [0.717, 1.165) is 0 Å². The molecule has 0 saturated heterocycles. The summed E-state index contributed by atoms with van der Waals surface area (Å²) in [7, 11) is 2.80. The van der Waals surface area contributed by atoms with E-state index in [0.29, 0.717) is 15.6 Å². The molecule has 0 aliphatic heterocycles. The van der Waals surface area contributed by atoms with Crippen molar-refractivity contribution in [3.8, 4) is 5.75 Å². The fourth-order valence-electron chi connectivity index (χ4n) is 2.42. The van der Waals surface area contributed by atoms with Gasteiger partial charge in [-0.2, -0.15) is 0 Å². The van der Waals surface area contributed by atoms with Crippen LogP contribution in [0.2, 0.25) is 10.0 Å². The molecule has 0 saturated carbocycles. The number of esters is 1. The van der Waals surface area contributed by atoms with Crippen molar-refractivity contribution in [2.24, 2.45) is 7.05 Å². The lowest BCUT2D eigenvalue weighted by molar-refractivity contribution is 0.0514. The Morgan fingerprint density at radius 1 is 1.35 bits per heavy atom. The maximum Gasteiger partial charge on any atom is 0.361 e.